The Hall–Kier alpha value is -3.60. The highest BCUT2D eigenvalue weighted by Gasteiger charge is 2.34. The number of fused-ring (bicyclic) bond motifs is 2. The molecular formula is C24H19NO4. The summed E-state index contributed by atoms with van der Waals surface area (Å²) in [6.07, 6.45) is 4.00. The van der Waals surface area contributed by atoms with Gasteiger partial charge in [-0.05, 0) is 54.8 Å². The molecule has 144 valence electrons. The average Bonchev–Trinajstić information content (AvgIpc) is 3.46. The molecule has 3 aromatic heterocycles. The first-order chi connectivity index (χ1) is 14.0. The highest BCUT2D eigenvalue weighted by atomic mass is 16.3. The molecule has 0 saturated heterocycles. The maximum atomic E-state index is 12.9. The maximum Gasteiger partial charge on any atom is 0.197 e. The van der Waals surface area contributed by atoms with Crippen molar-refractivity contribution in [3.05, 3.63) is 76.2 Å². The summed E-state index contributed by atoms with van der Waals surface area (Å²) in [7, 11) is 1.92. The molecule has 1 aliphatic carbocycles. The molecule has 0 unspecified atom stereocenters. The van der Waals surface area contributed by atoms with Gasteiger partial charge in [0.15, 0.2) is 17.1 Å². The van der Waals surface area contributed by atoms with Crippen LogP contribution in [0.5, 0.6) is 0 Å². The Labute approximate surface area is 167 Å². The van der Waals surface area contributed by atoms with Crippen molar-refractivity contribution in [2.24, 2.45) is 7.05 Å². The summed E-state index contributed by atoms with van der Waals surface area (Å²) in [5.41, 5.74) is 5.66. The number of allylic oxidation sites excluding steroid dienone is 1. The minimum Gasteiger partial charge on any atom is -0.463 e. The Morgan fingerprint density at radius 2 is 1.83 bits per heavy atom. The number of ketones is 2. The van der Waals surface area contributed by atoms with Crippen molar-refractivity contribution < 1.29 is 18.4 Å². The molecule has 5 rings (SSSR count). The molecule has 0 saturated carbocycles. The molecule has 0 N–H and O–H groups in total. The van der Waals surface area contributed by atoms with Crippen LogP contribution in [0.4, 0.5) is 0 Å². The van der Waals surface area contributed by atoms with Gasteiger partial charge in [-0.25, -0.2) is 0 Å². The van der Waals surface area contributed by atoms with Crippen molar-refractivity contribution in [2.75, 3.05) is 0 Å². The van der Waals surface area contributed by atoms with Crippen LogP contribution < -0.4 is 0 Å². The summed E-state index contributed by atoms with van der Waals surface area (Å²) in [4.78, 5) is 25.7. The number of rotatable bonds is 3. The van der Waals surface area contributed by atoms with Gasteiger partial charge in [-0.15, -0.1) is 0 Å². The number of aryl methyl sites for hydroxylation is 3. The Morgan fingerprint density at radius 1 is 1.07 bits per heavy atom. The van der Waals surface area contributed by atoms with Crippen LogP contribution >= 0.6 is 0 Å². The topological polar surface area (TPSA) is 65.3 Å². The molecule has 0 atom stereocenters. The molecule has 0 bridgehead atoms. The summed E-state index contributed by atoms with van der Waals surface area (Å²) in [5, 5.41) is 0. The highest BCUT2D eigenvalue weighted by Crippen LogP contribution is 2.33. The lowest BCUT2D eigenvalue weighted by Crippen LogP contribution is -1.99. The van der Waals surface area contributed by atoms with Crippen LogP contribution in [0.1, 0.15) is 44.5 Å². The number of hydrogen-bond acceptors (Lipinski definition) is 4. The quantitative estimate of drug-likeness (QED) is 0.351. The average molecular weight is 385 g/mol. The van der Waals surface area contributed by atoms with Gasteiger partial charge in [0.2, 0.25) is 0 Å². The number of nitrogens with zero attached hydrogens (tertiary/aromatic N) is 1. The van der Waals surface area contributed by atoms with Gasteiger partial charge in [0.25, 0.3) is 0 Å². The fourth-order valence-electron chi connectivity index (χ4n) is 4.04. The first kappa shape index (κ1) is 17.5. The predicted molar refractivity (Wildman–Crippen MR) is 110 cm³/mol. The van der Waals surface area contributed by atoms with E-state index >= 15 is 0 Å². The Kier molecular flexibility index (Phi) is 3.74. The second-order valence-corrected chi connectivity index (χ2v) is 7.36. The Bertz CT molecular complexity index is 1330. The Morgan fingerprint density at radius 3 is 2.48 bits per heavy atom. The molecule has 5 nitrogen and oxygen atoms in total. The van der Waals surface area contributed by atoms with E-state index in [1.54, 1.807) is 12.3 Å². The molecule has 0 radical (unpaired) electrons. The second kappa shape index (κ2) is 6.21. The zero-order chi connectivity index (χ0) is 20.3. The summed E-state index contributed by atoms with van der Waals surface area (Å²) in [6, 6.07) is 11.1. The smallest absolute Gasteiger partial charge is 0.197 e. The fourth-order valence-corrected chi connectivity index (χ4v) is 4.04. The van der Waals surface area contributed by atoms with E-state index < -0.39 is 0 Å². The standard InChI is InChI=1S/C24H19NO4/c1-4-14-9-17-16(8-13(14)2)23(26)18(24(17)27)10-15-11-19-22(29-15)12-20(25(19)3)21-6-5-7-28-21/h5-12H,4H2,1-3H3/b18-10-. The minimum absolute atomic E-state index is 0.151. The van der Waals surface area contributed by atoms with Crippen molar-refractivity contribution >= 4 is 28.7 Å². The number of benzene rings is 1. The van der Waals surface area contributed by atoms with Crippen molar-refractivity contribution in [2.45, 2.75) is 20.3 Å². The maximum absolute atomic E-state index is 12.9. The van der Waals surface area contributed by atoms with Gasteiger partial charge in [-0.3, -0.25) is 9.59 Å². The van der Waals surface area contributed by atoms with Gasteiger partial charge in [0, 0.05) is 30.3 Å². The molecule has 0 aliphatic heterocycles. The van der Waals surface area contributed by atoms with E-state index in [1.807, 2.05) is 61.9 Å². The third-order valence-corrected chi connectivity index (χ3v) is 5.65. The summed E-state index contributed by atoms with van der Waals surface area (Å²) in [6.45, 7) is 4.01. The predicted octanol–water partition coefficient (Wildman–Crippen LogP) is 5.36. The van der Waals surface area contributed by atoms with Gasteiger partial charge < -0.3 is 13.4 Å². The molecule has 0 spiro atoms. The molecule has 29 heavy (non-hydrogen) atoms. The van der Waals surface area contributed by atoms with Gasteiger partial charge in [-0.2, -0.15) is 0 Å². The van der Waals surface area contributed by atoms with Crippen LogP contribution in [-0.4, -0.2) is 16.1 Å². The minimum atomic E-state index is -0.243. The van der Waals surface area contributed by atoms with Crippen LogP contribution in [0.25, 0.3) is 28.6 Å². The highest BCUT2D eigenvalue weighted by molar-refractivity contribution is 6.41. The lowest BCUT2D eigenvalue weighted by atomic mass is 9.99. The molecule has 1 aromatic carbocycles. The van der Waals surface area contributed by atoms with E-state index in [-0.39, 0.29) is 17.1 Å². The van der Waals surface area contributed by atoms with E-state index in [2.05, 4.69) is 0 Å². The number of furan rings is 2. The Balaban J connectivity index is 1.56. The third-order valence-electron chi connectivity index (χ3n) is 5.65. The van der Waals surface area contributed by atoms with Gasteiger partial charge >= 0.3 is 0 Å². The number of Topliss-reactive ketones (excluding diaryl/α,β-unsaturated/α-hetero) is 2. The molecule has 4 aromatic rings. The largest absolute Gasteiger partial charge is 0.463 e. The molecule has 5 heteroatoms. The van der Waals surface area contributed by atoms with E-state index in [4.69, 9.17) is 8.83 Å². The van der Waals surface area contributed by atoms with Crippen LogP contribution in [0.2, 0.25) is 0 Å². The van der Waals surface area contributed by atoms with E-state index in [1.165, 1.54) is 0 Å². The monoisotopic (exact) mass is 385 g/mol. The molecular weight excluding hydrogens is 366 g/mol. The second-order valence-electron chi connectivity index (χ2n) is 7.36. The van der Waals surface area contributed by atoms with Gasteiger partial charge in [0.1, 0.15) is 11.5 Å². The van der Waals surface area contributed by atoms with Crippen molar-refractivity contribution in [1.82, 2.24) is 4.57 Å². The van der Waals surface area contributed by atoms with Crippen LogP contribution in [0.15, 0.2) is 57.1 Å². The van der Waals surface area contributed by atoms with Crippen molar-refractivity contribution in [1.29, 1.82) is 0 Å². The zero-order valence-corrected chi connectivity index (χ0v) is 16.4. The number of aromatic nitrogens is 1. The van der Waals surface area contributed by atoms with Crippen LogP contribution in [0, 0.1) is 6.92 Å². The van der Waals surface area contributed by atoms with E-state index in [9.17, 15) is 9.59 Å². The van der Waals surface area contributed by atoms with Crippen LogP contribution in [0.3, 0.4) is 0 Å². The van der Waals surface area contributed by atoms with Crippen molar-refractivity contribution in [3.63, 3.8) is 0 Å². The van der Waals surface area contributed by atoms with Gasteiger partial charge in [0.05, 0.1) is 23.0 Å². The fraction of sp³-hybridized carbons (Fsp3) is 0.167. The lowest BCUT2D eigenvalue weighted by Gasteiger charge is -2.04. The molecule has 0 fully saturated rings. The first-order valence-corrected chi connectivity index (χ1v) is 9.55. The third kappa shape index (κ3) is 2.54. The van der Waals surface area contributed by atoms with E-state index in [0.29, 0.717) is 22.5 Å². The zero-order valence-electron chi connectivity index (χ0n) is 16.4. The molecule has 1 aliphatic rings. The molecule has 0 amide bonds. The van der Waals surface area contributed by atoms with E-state index in [0.717, 1.165) is 34.5 Å². The summed E-state index contributed by atoms with van der Waals surface area (Å²) in [5.74, 6) is 0.745. The summed E-state index contributed by atoms with van der Waals surface area (Å²) < 4.78 is 13.3. The SMILES string of the molecule is CCc1cc2c(cc1C)C(=O)/C(=C/c1cc3c(cc(-c4ccco4)n3C)o1)C2=O. The number of carbonyl (C=O) groups is 2. The number of carbonyl (C=O) groups excluding carboxylic acids is 2. The normalized spacial score (nSPS) is 15.1. The van der Waals surface area contributed by atoms with Crippen molar-refractivity contribution in [3.8, 4) is 11.5 Å². The number of hydrogen-bond donors (Lipinski definition) is 0. The first-order valence-electron chi connectivity index (χ1n) is 9.55. The van der Waals surface area contributed by atoms with Gasteiger partial charge in [-0.1, -0.05) is 6.92 Å². The summed E-state index contributed by atoms with van der Waals surface area (Å²) >= 11 is 0. The lowest BCUT2D eigenvalue weighted by molar-refractivity contribution is 0.0990. The molecule has 3 heterocycles. The van der Waals surface area contributed by atoms with Crippen LogP contribution in [-0.2, 0) is 13.5 Å².